The standard InChI is InChI=1S/C12H21N3O2S/c13-11(16)4-3-9-2-1-5-15(6-9)12(17)10-7-18-8-14-10/h9-10,14H,1-8H2,(H2,13,16)/t9?,10-/m1/s1. The van der Waals surface area contributed by atoms with Gasteiger partial charge in [0, 0.05) is 31.1 Å². The average molecular weight is 271 g/mol. The quantitative estimate of drug-likeness (QED) is 0.763. The van der Waals surface area contributed by atoms with E-state index in [-0.39, 0.29) is 17.9 Å². The van der Waals surface area contributed by atoms with E-state index in [0.29, 0.717) is 12.3 Å². The van der Waals surface area contributed by atoms with Gasteiger partial charge in [-0.15, -0.1) is 11.8 Å². The van der Waals surface area contributed by atoms with Crippen LogP contribution >= 0.6 is 11.8 Å². The number of likely N-dealkylation sites (tertiary alicyclic amines) is 1. The third kappa shape index (κ3) is 3.62. The fraction of sp³-hybridized carbons (Fsp3) is 0.833. The normalized spacial score (nSPS) is 28.3. The molecular formula is C12H21N3O2S. The molecule has 2 atom stereocenters. The molecule has 2 saturated heterocycles. The van der Waals surface area contributed by atoms with Crippen LogP contribution in [0.5, 0.6) is 0 Å². The van der Waals surface area contributed by atoms with E-state index in [0.717, 1.165) is 44.0 Å². The molecule has 2 heterocycles. The number of nitrogens with one attached hydrogen (secondary N) is 1. The highest BCUT2D eigenvalue weighted by Gasteiger charge is 2.30. The first-order valence-electron chi connectivity index (χ1n) is 6.55. The Labute approximate surface area is 112 Å². The molecule has 0 spiro atoms. The first-order valence-corrected chi connectivity index (χ1v) is 7.70. The highest BCUT2D eigenvalue weighted by Crippen LogP contribution is 2.22. The summed E-state index contributed by atoms with van der Waals surface area (Å²) in [6.07, 6.45) is 3.38. The highest BCUT2D eigenvalue weighted by atomic mass is 32.2. The van der Waals surface area contributed by atoms with Gasteiger partial charge >= 0.3 is 0 Å². The maximum Gasteiger partial charge on any atom is 0.240 e. The molecule has 102 valence electrons. The van der Waals surface area contributed by atoms with Crippen LogP contribution in [0.1, 0.15) is 25.7 Å². The van der Waals surface area contributed by atoms with Crippen LogP contribution in [0, 0.1) is 5.92 Å². The summed E-state index contributed by atoms with van der Waals surface area (Å²) in [5, 5.41) is 3.22. The van der Waals surface area contributed by atoms with Crippen LogP contribution in [-0.2, 0) is 9.59 Å². The van der Waals surface area contributed by atoms with E-state index in [1.165, 1.54) is 0 Å². The first kappa shape index (κ1) is 13.7. The molecule has 3 N–H and O–H groups in total. The van der Waals surface area contributed by atoms with E-state index in [2.05, 4.69) is 5.32 Å². The fourth-order valence-electron chi connectivity index (χ4n) is 2.62. The molecule has 0 aromatic carbocycles. The van der Waals surface area contributed by atoms with Gasteiger partial charge in [-0.2, -0.15) is 0 Å². The summed E-state index contributed by atoms with van der Waals surface area (Å²) in [7, 11) is 0. The van der Waals surface area contributed by atoms with Gasteiger partial charge in [0.1, 0.15) is 0 Å². The zero-order valence-electron chi connectivity index (χ0n) is 10.6. The number of hydrogen-bond acceptors (Lipinski definition) is 4. The second-order valence-corrected chi connectivity index (χ2v) is 6.10. The molecule has 2 aliphatic heterocycles. The van der Waals surface area contributed by atoms with Gasteiger partial charge in [0.15, 0.2) is 0 Å². The number of carbonyl (C=O) groups excluding carboxylic acids is 2. The van der Waals surface area contributed by atoms with Gasteiger partial charge in [-0.05, 0) is 25.2 Å². The number of nitrogens with zero attached hydrogens (tertiary/aromatic N) is 1. The van der Waals surface area contributed by atoms with Gasteiger partial charge in [0.2, 0.25) is 11.8 Å². The molecule has 6 heteroatoms. The van der Waals surface area contributed by atoms with Crippen molar-refractivity contribution in [2.45, 2.75) is 31.7 Å². The zero-order chi connectivity index (χ0) is 13.0. The van der Waals surface area contributed by atoms with Crippen LogP contribution in [0.15, 0.2) is 0 Å². The Hall–Kier alpha value is -0.750. The third-order valence-corrected chi connectivity index (χ3v) is 4.58. The van der Waals surface area contributed by atoms with Crippen molar-refractivity contribution >= 4 is 23.6 Å². The van der Waals surface area contributed by atoms with E-state index in [4.69, 9.17) is 5.73 Å². The Morgan fingerprint density at radius 3 is 2.94 bits per heavy atom. The van der Waals surface area contributed by atoms with Crippen molar-refractivity contribution in [2.24, 2.45) is 11.7 Å². The van der Waals surface area contributed by atoms with Gasteiger partial charge in [-0.1, -0.05) is 0 Å². The average Bonchev–Trinajstić information content (AvgIpc) is 2.89. The van der Waals surface area contributed by atoms with E-state index >= 15 is 0 Å². The van der Waals surface area contributed by atoms with E-state index in [1.54, 1.807) is 11.8 Å². The molecule has 5 nitrogen and oxygen atoms in total. The summed E-state index contributed by atoms with van der Waals surface area (Å²) in [5.74, 6) is 2.16. The van der Waals surface area contributed by atoms with Gasteiger partial charge in [-0.3, -0.25) is 14.9 Å². The SMILES string of the molecule is NC(=O)CCC1CCCN(C(=O)[C@H]2CSCN2)C1. The second-order valence-electron chi connectivity index (χ2n) is 5.07. The molecule has 0 saturated carbocycles. The smallest absolute Gasteiger partial charge is 0.240 e. The molecule has 0 radical (unpaired) electrons. The maximum atomic E-state index is 12.2. The Bertz CT molecular complexity index is 318. The van der Waals surface area contributed by atoms with Crippen LogP contribution in [-0.4, -0.2) is 47.5 Å². The number of carbonyl (C=O) groups is 2. The third-order valence-electron chi connectivity index (χ3n) is 3.64. The van der Waals surface area contributed by atoms with E-state index in [1.807, 2.05) is 4.90 Å². The summed E-state index contributed by atoms with van der Waals surface area (Å²) in [6.45, 7) is 1.64. The van der Waals surface area contributed by atoms with Crippen molar-refractivity contribution in [3.05, 3.63) is 0 Å². The first-order chi connectivity index (χ1) is 8.66. The van der Waals surface area contributed by atoms with Crippen LogP contribution in [0.3, 0.4) is 0 Å². The van der Waals surface area contributed by atoms with Crippen molar-refractivity contribution in [2.75, 3.05) is 24.7 Å². The fourth-order valence-corrected chi connectivity index (χ4v) is 3.55. The minimum Gasteiger partial charge on any atom is -0.370 e. The Morgan fingerprint density at radius 2 is 2.28 bits per heavy atom. The van der Waals surface area contributed by atoms with Gasteiger partial charge in [0.25, 0.3) is 0 Å². The lowest BCUT2D eigenvalue weighted by Crippen LogP contribution is -2.48. The lowest BCUT2D eigenvalue weighted by molar-refractivity contribution is -0.134. The number of piperidine rings is 1. The molecule has 2 rings (SSSR count). The van der Waals surface area contributed by atoms with E-state index in [9.17, 15) is 9.59 Å². The van der Waals surface area contributed by atoms with Crippen molar-refractivity contribution in [1.29, 1.82) is 0 Å². The Morgan fingerprint density at radius 1 is 1.44 bits per heavy atom. The minimum atomic E-state index is -0.243. The number of amides is 2. The highest BCUT2D eigenvalue weighted by molar-refractivity contribution is 7.99. The Kier molecular flexibility index (Phi) is 4.88. The minimum absolute atomic E-state index is 0.00936. The molecule has 2 amide bonds. The number of nitrogens with two attached hydrogens (primary N) is 1. The van der Waals surface area contributed by atoms with Crippen LogP contribution in [0.2, 0.25) is 0 Å². The summed E-state index contributed by atoms with van der Waals surface area (Å²) in [4.78, 5) is 25.0. The predicted octanol–water partition coefficient (Wildman–Crippen LogP) is 0.153. The van der Waals surface area contributed by atoms with Crippen LogP contribution in [0.4, 0.5) is 0 Å². The van der Waals surface area contributed by atoms with Gasteiger partial charge in [-0.25, -0.2) is 0 Å². The van der Waals surface area contributed by atoms with Crippen molar-refractivity contribution in [3.8, 4) is 0 Å². The summed E-state index contributed by atoms with van der Waals surface area (Å²) in [5.41, 5.74) is 5.17. The second kappa shape index (κ2) is 6.43. The molecule has 0 bridgehead atoms. The van der Waals surface area contributed by atoms with Crippen molar-refractivity contribution in [3.63, 3.8) is 0 Å². The number of thioether (sulfide) groups is 1. The molecule has 0 aromatic rings. The van der Waals surface area contributed by atoms with Crippen molar-refractivity contribution in [1.82, 2.24) is 10.2 Å². The summed E-state index contributed by atoms with van der Waals surface area (Å²) in [6, 6.07) is -0.00936. The number of hydrogen-bond donors (Lipinski definition) is 2. The van der Waals surface area contributed by atoms with Crippen molar-refractivity contribution < 1.29 is 9.59 Å². The molecule has 0 aromatic heterocycles. The molecular weight excluding hydrogens is 250 g/mol. The van der Waals surface area contributed by atoms with Crippen LogP contribution < -0.4 is 11.1 Å². The lowest BCUT2D eigenvalue weighted by atomic mass is 9.93. The maximum absolute atomic E-state index is 12.2. The summed E-state index contributed by atoms with van der Waals surface area (Å²) >= 11 is 1.77. The lowest BCUT2D eigenvalue weighted by Gasteiger charge is -2.34. The number of rotatable bonds is 4. The molecule has 18 heavy (non-hydrogen) atoms. The predicted molar refractivity (Wildman–Crippen MR) is 72.0 cm³/mol. The number of primary amides is 1. The zero-order valence-corrected chi connectivity index (χ0v) is 11.4. The molecule has 2 fully saturated rings. The van der Waals surface area contributed by atoms with Gasteiger partial charge in [0.05, 0.1) is 6.04 Å². The molecule has 0 aliphatic carbocycles. The Balaban J connectivity index is 1.81. The largest absolute Gasteiger partial charge is 0.370 e. The molecule has 2 aliphatic rings. The van der Waals surface area contributed by atoms with Crippen LogP contribution in [0.25, 0.3) is 0 Å². The topological polar surface area (TPSA) is 75.4 Å². The van der Waals surface area contributed by atoms with E-state index < -0.39 is 0 Å². The summed E-state index contributed by atoms with van der Waals surface area (Å²) < 4.78 is 0. The van der Waals surface area contributed by atoms with Gasteiger partial charge < -0.3 is 10.6 Å². The monoisotopic (exact) mass is 271 g/mol. The molecule has 1 unspecified atom stereocenters.